The molecule has 0 aromatic heterocycles. The molecule has 2 rings (SSSR count). The lowest BCUT2D eigenvalue weighted by atomic mass is 9.89. The van der Waals surface area contributed by atoms with Crippen molar-refractivity contribution < 1.29 is 8.78 Å². The van der Waals surface area contributed by atoms with Gasteiger partial charge in [-0.15, -0.1) is 0 Å². The monoisotopic (exact) mass is 225 g/mol. The van der Waals surface area contributed by atoms with Crippen molar-refractivity contribution in [2.24, 2.45) is 0 Å². The third-order valence-corrected chi connectivity index (χ3v) is 3.36. The maximum absolute atomic E-state index is 12.1. The van der Waals surface area contributed by atoms with E-state index in [1.807, 2.05) is 4.90 Å². The molecule has 0 atom stereocenters. The molecule has 1 aliphatic heterocycles. The van der Waals surface area contributed by atoms with Crippen molar-refractivity contribution >= 4 is 0 Å². The number of halogens is 2. The standard InChI is InChI=1S/C13H17F2N/c1-9-3-4-11(5-10(9)2)12-6-16(7-12)8-13(14)15/h3-5,12-13H,6-8H2,1-2H3. The van der Waals surface area contributed by atoms with Crippen LogP contribution in [0.2, 0.25) is 0 Å². The number of alkyl halides is 2. The van der Waals surface area contributed by atoms with E-state index in [2.05, 4.69) is 32.0 Å². The zero-order chi connectivity index (χ0) is 11.7. The molecule has 0 saturated carbocycles. The number of nitrogens with zero attached hydrogens (tertiary/aromatic N) is 1. The number of likely N-dealkylation sites (tertiary alicyclic amines) is 1. The minimum atomic E-state index is -2.21. The molecule has 1 saturated heterocycles. The maximum Gasteiger partial charge on any atom is 0.251 e. The third-order valence-electron chi connectivity index (χ3n) is 3.36. The van der Waals surface area contributed by atoms with Gasteiger partial charge in [0.25, 0.3) is 6.43 Å². The molecule has 1 heterocycles. The van der Waals surface area contributed by atoms with Crippen LogP contribution in [0.1, 0.15) is 22.6 Å². The zero-order valence-corrected chi connectivity index (χ0v) is 9.71. The van der Waals surface area contributed by atoms with Crippen molar-refractivity contribution in [2.45, 2.75) is 26.2 Å². The lowest BCUT2D eigenvalue weighted by Gasteiger charge is -2.39. The summed E-state index contributed by atoms with van der Waals surface area (Å²) in [5.74, 6) is 0.443. The molecule has 0 bridgehead atoms. The Hall–Kier alpha value is -0.960. The quantitative estimate of drug-likeness (QED) is 0.764. The largest absolute Gasteiger partial charge is 0.296 e. The van der Waals surface area contributed by atoms with E-state index in [0.29, 0.717) is 5.92 Å². The summed E-state index contributed by atoms with van der Waals surface area (Å²) in [6.07, 6.45) is -2.21. The van der Waals surface area contributed by atoms with Crippen LogP contribution in [-0.2, 0) is 0 Å². The molecule has 0 N–H and O–H groups in total. The van der Waals surface area contributed by atoms with Crippen molar-refractivity contribution in [1.29, 1.82) is 0 Å². The highest BCUT2D eigenvalue weighted by Crippen LogP contribution is 2.28. The summed E-state index contributed by atoms with van der Waals surface area (Å²) in [4.78, 5) is 1.81. The van der Waals surface area contributed by atoms with Gasteiger partial charge < -0.3 is 0 Å². The Morgan fingerprint density at radius 1 is 1.25 bits per heavy atom. The number of hydrogen-bond donors (Lipinski definition) is 0. The van der Waals surface area contributed by atoms with Gasteiger partial charge in [-0.05, 0) is 30.5 Å². The molecule has 0 unspecified atom stereocenters. The van der Waals surface area contributed by atoms with Crippen LogP contribution >= 0.6 is 0 Å². The van der Waals surface area contributed by atoms with Gasteiger partial charge in [-0.1, -0.05) is 18.2 Å². The molecule has 16 heavy (non-hydrogen) atoms. The van der Waals surface area contributed by atoms with Crippen molar-refractivity contribution in [3.63, 3.8) is 0 Å². The Kier molecular flexibility index (Phi) is 3.24. The van der Waals surface area contributed by atoms with E-state index >= 15 is 0 Å². The van der Waals surface area contributed by atoms with E-state index in [1.54, 1.807) is 0 Å². The highest BCUT2D eigenvalue weighted by Gasteiger charge is 2.29. The Bertz CT molecular complexity index is 370. The molecular weight excluding hydrogens is 208 g/mol. The average Bonchev–Trinajstić information content (AvgIpc) is 2.15. The molecule has 0 aliphatic carbocycles. The van der Waals surface area contributed by atoms with E-state index in [9.17, 15) is 8.78 Å². The predicted octanol–water partition coefficient (Wildman–Crippen LogP) is 2.97. The van der Waals surface area contributed by atoms with Gasteiger partial charge in [-0.3, -0.25) is 4.90 Å². The van der Waals surface area contributed by atoms with Gasteiger partial charge >= 0.3 is 0 Å². The molecular formula is C13H17F2N. The second kappa shape index (κ2) is 4.50. The fourth-order valence-electron chi connectivity index (χ4n) is 2.14. The summed E-state index contributed by atoms with van der Waals surface area (Å²) in [7, 11) is 0. The van der Waals surface area contributed by atoms with Crippen LogP contribution < -0.4 is 0 Å². The fraction of sp³-hybridized carbons (Fsp3) is 0.538. The predicted molar refractivity (Wildman–Crippen MR) is 61.1 cm³/mol. The Morgan fingerprint density at radius 2 is 1.94 bits per heavy atom. The van der Waals surface area contributed by atoms with E-state index in [0.717, 1.165) is 13.1 Å². The molecule has 0 radical (unpaired) electrons. The first-order valence-corrected chi connectivity index (χ1v) is 5.64. The Morgan fingerprint density at radius 3 is 2.50 bits per heavy atom. The van der Waals surface area contributed by atoms with Crippen LogP contribution in [0.4, 0.5) is 8.78 Å². The number of rotatable bonds is 3. The summed E-state index contributed by atoms with van der Waals surface area (Å²) in [6, 6.07) is 6.41. The second-order valence-corrected chi connectivity index (χ2v) is 4.65. The van der Waals surface area contributed by atoms with Crippen molar-refractivity contribution in [1.82, 2.24) is 4.90 Å². The SMILES string of the molecule is Cc1ccc(C2CN(CC(F)F)C2)cc1C. The smallest absolute Gasteiger partial charge is 0.251 e. The zero-order valence-electron chi connectivity index (χ0n) is 9.71. The lowest BCUT2D eigenvalue weighted by Crippen LogP contribution is -2.46. The molecule has 1 aromatic carbocycles. The molecule has 1 nitrogen and oxygen atoms in total. The fourth-order valence-corrected chi connectivity index (χ4v) is 2.14. The lowest BCUT2D eigenvalue weighted by molar-refractivity contribution is 0.0466. The molecule has 1 aliphatic rings. The van der Waals surface area contributed by atoms with Gasteiger partial charge in [0, 0.05) is 19.0 Å². The minimum absolute atomic E-state index is 0.0820. The first kappa shape index (κ1) is 11.5. The van der Waals surface area contributed by atoms with Crippen molar-refractivity contribution in [2.75, 3.05) is 19.6 Å². The van der Waals surface area contributed by atoms with Crippen molar-refractivity contribution in [3.8, 4) is 0 Å². The van der Waals surface area contributed by atoms with Gasteiger partial charge in [0.2, 0.25) is 0 Å². The normalized spacial score (nSPS) is 17.8. The molecule has 1 aromatic rings. The van der Waals surface area contributed by atoms with Gasteiger partial charge in [0.05, 0.1) is 6.54 Å². The van der Waals surface area contributed by atoms with Gasteiger partial charge in [0.15, 0.2) is 0 Å². The van der Waals surface area contributed by atoms with Crippen LogP contribution in [0.15, 0.2) is 18.2 Å². The topological polar surface area (TPSA) is 3.24 Å². The molecule has 0 spiro atoms. The van der Waals surface area contributed by atoms with E-state index in [1.165, 1.54) is 16.7 Å². The summed E-state index contributed by atoms with van der Waals surface area (Å²) in [5.41, 5.74) is 3.85. The summed E-state index contributed by atoms with van der Waals surface area (Å²) in [5, 5.41) is 0. The summed E-state index contributed by atoms with van der Waals surface area (Å²) < 4.78 is 24.2. The summed E-state index contributed by atoms with van der Waals surface area (Å²) in [6.45, 7) is 5.64. The number of hydrogen-bond acceptors (Lipinski definition) is 1. The van der Waals surface area contributed by atoms with Gasteiger partial charge in [0.1, 0.15) is 0 Å². The van der Waals surface area contributed by atoms with Gasteiger partial charge in [-0.25, -0.2) is 8.78 Å². The van der Waals surface area contributed by atoms with Crippen LogP contribution in [0.3, 0.4) is 0 Å². The van der Waals surface area contributed by atoms with E-state index in [-0.39, 0.29) is 6.54 Å². The van der Waals surface area contributed by atoms with Crippen LogP contribution in [0, 0.1) is 13.8 Å². The van der Waals surface area contributed by atoms with Crippen LogP contribution in [0.25, 0.3) is 0 Å². The van der Waals surface area contributed by atoms with E-state index in [4.69, 9.17) is 0 Å². The Labute approximate surface area is 95.1 Å². The maximum atomic E-state index is 12.1. The average molecular weight is 225 g/mol. The highest BCUT2D eigenvalue weighted by atomic mass is 19.3. The van der Waals surface area contributed by atoms with E-state index < -0.39 is 6.43 Å². The van der Waals surface area contributed by atoms with Gasteiger partial charge in [-0.2, -0.15) is 0 Å². The minimum Gasteiger partial charge on any atom is -0.296 e. The highest BCUT2D eigenvalue weighted by molar-refractivity contribution is 5.33. The molecule has 1 fully saturated rings. The first-order valence-electron chi connectivity index (χ1n) is 5.64. The molecule has 88 valence electrons. The van der Waals surface area contributed by atoms with Crippen LogP contribution in [-0.4, -0.2) is 31.0 Å². The molecule has 0 amide bonds. The first-order chi connectivity index (χ1) is 7.56. The number of aryl methyl sites for hydroxylation is 2. The summed E-state index contributed by atoms with van der Waals surface area (Å²) >= 11 is 0. The van der Waals surface area contributed by atoms with Crippen molar-refractivity contribution in [3.05, 3.63) is 34.9 Å². The third kappa shape index (κ3) is 2.40. The Balaban J connectivity index is 1.94. The second-order valence-electron chi connectivity index (χ2n) is 4.65. The number of benzene rings is 1. The van der Waals surface area contributed by atoms with Crippen LogP contribution in [0.5, 0.6) is 0 Å². The molecule has 3 heteroatoms.